The molecule has 1 aromatic carbocycles. The molecule has 0 N–H and O–H groups in total. The number of hydrogen-bond donors (Lipinski definition) is 0. The Balaban J connectivity index is 1.46. The van der Waals surface area contributed by atoms with Gasteiger partial charge in [-0.2, -0.15) is 13.2 Å². The smallest absolute Gasteiger partial charge is 0.337 e. The van der Waals surface area contributed by atoms with Gasteiger partial charge in [-0.1, -0.05) is 23.4 Å². The van der Waals surface area contributed by atoms with Crippen LogP contribution in [0.15, 0.2) is 49.2 Å². The number of benzene rings is 1. The van der Waals surface area contributed by atoms with Crippen molar-refractivity contribution in [2.24, 2.45) is 0 Å². The molecule has 1 saturated heterocycles. The second kappa shape index (κ2) is 8.91. The van der Waals surface area contributed by atoms with Gasteiger partial charge in [-0.15, -0.1) is 5.10 Å². The van der Waals surface area contributed by atoms with Crippen molar-refractivity contribution in [1.82, 2.24) is 29.4 Å². The normalized spacial score (nSPS) is 17.1. The minimum absolute atomic E-state index is 0.0788. The van der Waals surface area contributed by atoms with E-state index in [2.05, 4.69) is 15.3 Å². The van der Waals surface area contributed by atoms with Crippen molar-refractivity contribution >= 4 is 5.91 Å². The van der Waals surface area contributed by atoms with Crippen LogP contribution in [-0.4, -0.2) is 47.9 Å². The van der Waals surface area contributed by atoms with Gasteiger partial charge in [0.15, 0.2) is 5.69 Å². The largest absolute Gasteiger partial charge is 0.416 e. The van der Waals surface area contributed by atoms with E-state index < -0.39 is 11.7 Å². The van der Waals surface area contributed by atoms with Crippen LogP contribution < -0.4 is 0 Å². The maximum atomic E-state index is 13.2. The van der Waals surface area contributed by atoms with E-state index >= 15 is 0 Å². The van der Waals surface area contributed by atoms with Gasteiger partial charge in [-0.3, -0.25) is 4.79 Å². The number of halogens is 3. The zero-order valence-corrected chi connectivity index (χ0v) is 16.9. The van der Waals surface area contributed by atoms with Crippen LogP contribution in [0.5, 0.6) is 0 Å². The number of nitrogens with zero attached hydrogens (tertiary/aromatic N) is 6. The number of aromatic nitrogens is 5. The fourth-order valence-corrected chi connectivity index (χ4v) is 4.02. The van der Waals surface area contributed by atoms with Crippen LogP contribution in [0, 0.1) is 0 Å². The molecule has 0 saturated carbocycles. The molecule has 1 atom stereocenters. The van der Waals surface area contributed by atoms with Crippen molar-refractivity contribution < 1.29 is 18.0 Å². The molecule has 164 valence electrons. The molecule has 0 aliphatic carbocycles. The van der Waals surface area contributed by atoms with Crippen molar-refractivity contribution in [3.63, 3.8) is 0 Å². The Morgan fingerprint density at radius 1 is 1.19 bits per heavy atom. The molecule has 0 spiro atoms. The summed E-state index contributed by atoms with van der Waals surface area (Å²) in [6.45, 7) is 1.28. The monoisotopic (exact) mass is 432 g/mol. The molecule has 0 bridgehead atoms. The molecule has 10 heteroatoms. The van der Waals surface area contributed by atoms with Crippen LogP contribution >= 0.6 is 0 Å². The fourth-order valence-electron chi connectivity index (χ4n) is 4.02. The van der Waals surface area contributed by atoms with E-state index in [1.54, 1.807) is 18.6 Å². The van der Waals surface area contributed by atoms with E-state index in [4.69, 9.17) is 0 Å². The number of piperidine rings is 1. The third-order valence-corrected chi connectivity index (χ3v) is 5.58. The molecule has 1 fully saturated rings. The highest BCUT2D eigenvalue weighted by Gasteiger charge is 2.33. The first kappa shape index (κ1) is 21.1. The van der Waals surface area contributed by atoms with Crippen molar-refractivity contribution in [1.29, 1.82) is 0 Å². The van der Waals surface area contributed by atoms with E-state index in [1.165, 1.54) is 23.0 Å². The number of hydrogen-bond acceptors (Lipinski definition) is 4. The van der Waals surface area contributed by atoms with Gasteiger partial charge in [0.25, 0.3) is 5.91 Å². The molecule has 31 heavy (non-hydrogen) atoms. The van der Waals surface area contributed by atoms with Crippen LogP contribution in [0.3, 0.4) is 0 Å². The molecular weight excluding hydrogens is 409 g/mol. The van der Waals surface area contributed by atoms with Crippen LogP contribution in [0.1, 0.15) is 47.3 Å². The molecule has 7 nitrogen and oxygen atoms in total. The quantitative estimate of drug-likeness (QED) is 0.597. The molecule has 4 rings (SSSR count). The number of carbonyl (C=O) groups excluding carboxylic acids is 1. The van der Waals surface area contributed by atoms with Crippen molar-refractivity contribution in [2.45, 2.75) is 51.0 Å². The fraction of sp³-hybridized carbons (Fsp3) is 0.429. The van der Waals surface area contributed by atoms with Gasteiger partial charge in [-0.25, -0.2) is 9.67 Å². The van der Waals surface area contributed by atoms with Gasteiger partial charge in [-0.05, 0) is 37.3 Å². The Morgan fingerprint density at radius 3 is 2.81 bits per heavy atom. The average molecular weight is 432 g/mol. The van der Waals surface area contributed by atoms with Crippen LogP contribution in [0.4, 0.5) is 13.2 Å². The third kappa shape index (κ3) is 4.95. The maximum absolute atomic E-state index is 13.2. The van der Waals surface area contributed by atoms with E-state index in [9.17, 15) is 18.0 Å². The van der Waals surface area contributed by atoms with Gasteiger partial charge >= 0.3 is 6.18 Å². The summed E-state index contributed by atoms with van der Waals surface area (Å²) in [6, 6.07) is 5.43. The molecule has 3 heterocycles. The molecule has 0 unspecified atom stereocenters. The highest BCUT2D eigenvalue weighted by molar-refractivity contribution is 5.92. The van der Waals surface area contributed by atoms with Crippen LogP contribution in [-0.2, 0) is 19.3 Å². The van der Waals surface area contributed by atoms with E-state index in [-0.39, 0.29) is 29.8 Å². The van der Waals surface area contributed by atoms with E-state index in [0.29, 0.717) is 6.54 Å². The summed E-state index contributed by atoms with van der Waals surface area (Å²) >= 11 is 0. The van der Waals surface area contributed by atoms with Gasteiger partial charge in [0.2, 0.25) is 0 Å². The number of amides is 1. The second-order valence-electron chi connectivity index (χ2n) is 7.69. The van der Waals surface area contributed by atoms with Gasteiger partial charge < -0.3 is 9.47 Å². The predicted octanol–water partition coefficient (Wildman–Crippen LogP) is 3.63. The first-order chi connectivity index (χ1) is 14.9. The zero-order valence-electron chi connectivity index (χ0n) is 16.9. The first-order valence-corrected chi connectivity index (χ1v) is 10.2. The Kier molecular flexibility index (Phi) is 6.06. The summed E-state index contributed by atoms with van der Waals surface area (Å²) in [7, 11) is 0. The highest BCUT2D eigenvalue weighted by atomic mass is 19.4. The minimum atomic E-state index is -4.45. The van der Waals surface area contributed by atoms with Crippen LogP contribution in [0.25, 0.3) is 0 Å². The SMILES string of the molecule is O=C(c1cn(Cc2ccccc2C(F)(F)F)nn1)N1CCCC[C@H]1CCn1ccnc1. The van der Waals surface area contributed by atoms with Crippen molar-refractivity contribution in [3.8, 4) is 0 Å². The standard InChI is InChI=1S/C21H23F3N6O/c22-21(23,24)18-7-2-1-5-16(18)13-29-14-19(26-27-29)20(31)30-10-4-3-6-17(30)8-11-28-12-9-25-15-28/h1-2,5,7,9,12,14-15,17H,3-4,6,8,10-11,13H2/t17-/m0/s1. The lowest BCUT2D eigenvalue weighted by Crippen LogP contribution is -2.44. The Hall–Kier alpha value is -3.17. The first-order valence-electron chi connectivity index (χ1n) is 10.2. The number of imidazole rings is 1. The second-order valence-corrected chi connectivity index (χ2v) is 7.69. The average Bonchev–Trinajstić information content (AvgIpc) is 3.44. The Labute approximate surface area is 177 Å². The Bertz CT molecular complexity index is 1010. The summed E-state index contributed by atoms with van der Waals surface area (Å²) in [5.74, 6) is -0.231. The third-order valence-electron chi connectivity index (χ3n) is 5.58. The summed E-state index contributed by atoms with van der Waals surface area (Å²) in [4.78, 5) is 18.9. The summed E-state index contributed by atoms with van der Waals surface area (Å²) in [6.07, 6.45) is 6.02. The number of likely N-dealkylation sites (tertiary alicyclic amines) is 1. The van der Waals surface area contributed by atoms with Gasteiger partial charge in [0, 0.05) is 31.5 Å². The number of alkyl halides is 3. The molecular formula is C21H23F3N6O. The number of rotatable bonds is 6. The summed E-state index contributed by atoms with van der Waals surface area (Å²) in [5.41, 5.74) is -0.483. The number of aryl methyl sites for hydroxylation is 1. The van der Waals surface area contributed by atoms with Crippen molar-refractivity contribution in [3.05, 3.63) is 66.0 Å². The topological polar surface area (TPSA) is 68.8 Å². The molecule has 1 aliphatic heterocycles. The lowest BCUT2D eigenvalue weighted by Gasteiger charge is -2.35. The molecule has 1 aliphatic rings. The highest BCUT2D eigenvalue weighted by Crippen LogP contribution is 2.32. The Morgan fingerprint density at radius 2 is 2.03 bits per heavy atom. The maximum Gasteiger partial charge on any atom is 0.416 e. The summed E-state index contributed by atoms with van der Waals surface area (Å²) < 4.78 is 43.0. The lowest BCUT2D eigenvalue weighted by molar-refractivity contribution is -0.138. The minimum Gasteiger partial charge on any atom is -0.337 e. The molecule has 3 aromatic rings. The predicted molar refractivity (Wildman–Crippen MR) is 106 cm³/mol. The zero-order chi connectivity index (χ0) is 21.8. The molecule has 2 aromatic heterocycles. The van der Waals surface area contributed by atoms with Crippen molar-refractivity contribution in [2.75, 3.05) is 6.54 Å². The van der Waals surface area contributed by atoms with E-state index in [0.717, 1.165) is 38.3 Å². The van der Waals surface area contributed by atoms with Crippen LogP contribution in [0.2, 0.25) is 0 Å². The molecule has 0 radical (unpaired) electrons. The van der Waals surface area contributed by atoms with E-state index in [1.807, 2.05) is 15.7 Å². The number of carbonyl (C=O) groups is 1. The summed E-state index contributed by atoms with van der Waals surface area (Å²) in [5, 5.41) is 7.85. The van der Waals surface area contributed by atoms with Gasteiger partial charge in [0.05, 0.1) is 24.6 Å². The van der Waals surface area contributed by atoms with Gasteiger partial charge in [0.1, 0.15) is 0 Å². The molecule has 1 amide bonds. The lowest BCUT2D eigenvalue weighted by atomic mass is 9.99.